The molecule has 2 heterocycles. The van der Waals surface area contributed by atoms with Gasteiger partial charge in [-0.1, -0.05) is 29.3 Å². The molecule has 1 fully saturated rings. The summed E-state index contributed by atoms with van der Waals surface area (Å²) in [5.41, 5.74) is -0.0176. The number of hydrogen-bond acceptors (Lipinski definition) is 5. The molecule has 0 atom stereocenters. The fraction of sp³-hybridized carbons (Fsp3) is 0.294. The summed E-state index contributed by atoms with van der Waals surface area (Å²) in [4.78, 5) is 16.3. The highest BCUT2D eigenvalue weighted by Gasteiger charge is 2.31. The van der Waals surface area contributed by atoms with Crippen LogP contribution >= 0.6 is 23.2 Å². The summed E-state index contributed by atoms with van der Waals surface area (Å²) in [5.74, 6) is -0.850. The number of hydrogen-bond donors (Lipinski definition) is 2. The molecule has 0 bridgehead atoms. The van der Waals surface area contributed by atoms with E-state index in [1.54, 1.807) is 12.1 Å². The number of sulfonamides is 1. The Bertz CT molecular complexity index is 946. The average Bonchev–Trinajstić information content (AvgIpc) is 2.65. The normalized spacial score (nSPS) is 16.2. The summed E-state index contributed by atoms with van der Waals surface area (Å²) in [7, 11) is -3.65. The second-order valence-electron chi connectivity index (χ2n) is 6.10. The number of phenolic OH excluding ortho intramolecular Hbond substituents is 1. The topological polar surface area (TPSA) is 99.6 Å². The molecule has 10 heteroatoms. The fourth-order valence-electron chi connectivity index (χ4n) is 2.87. The van der Waals surface area contributed by atoms with Crippen LogP contribution in [0.2, 0.25) is 10.0 Å². The van der Waals surface area contributed by atoms with E-state index in [-0.39, 0.29) is 45.5 Å². The molecule has 1 aromatic carbocycles. The van der Waals surface area contributed by atoms with Crippen LogP contribution in [0.4, 0.5) is 0 Å². The van der Waals surface area contributed by atoms with Crippen molar-refractivity contribution in [2.24, 2.45) is 0 Å². The van der Waals surface area contributed by atoms with E-state index in [0.717, 1.165) is 0 Å². The first-order valence-corrected chi connectivity index (χ1v) is 10.4. The summed E-state index contributed by atoms with van der Waals surface area (Å²) >= 11 is 11.7. The minimum absolute atomic E-state index is 0.00553. The van der Waals surface area contributed by atoms with Crippen LogP contribution < -0.4 is 5.32 Å². The van der Waals surface area contributed by atoms with Gasteiger partial charge in [-0.05, 0) is 37.1 Å². The van der Waals surface area contributed by atoms with Gasteiger partial charge in [-0.15, -0.1) is 0 Å². The number of benzene rings is 1. The smallest absolute Gasteiger partial charge is 0.260 e. The van der Waals surface area contributed by atoms with Crippen LogP contribution in [0.15, 0.2) is 41.6 Å². The average molecular weight is 430 g/mol. The molecule has 144 valence electrons. The number of phenols is 1. The summed E-state index contributed by atoms with van der Waals surface area (Å²) < 4.78 is 26.5. The van der Waals surface area contributed by atoms with Crippen molar-refractivity contribution >= 4 is 39.1 Å². The maximum absolute atomic E-state index is 12.6. The number of carbonyl (C=O) groups is 1. The zero-order valence-corrected chi connectivity index (χ0v) is 16.4. The predicted octanol–water partition coefficient (Wildman–Crippen LogP) is 2.68. The van der Waals surface area contributed by atoms with Crippen LogP contribution in [0.1, 0.15) is 23.2 Å². The SMILES string of the molecule is O=C(NC1CCN(S(=O)(=O)c2ccccn2)CC1)c1cc(Cl)cc(Cl)c1O. The number of aromatic nitrogens is 1. The van der Waals surface area contributed by atoms with E-state index in [4.69, 9.17) is 23.2 Å². The molecular weight excluding hydrogens is 413 g/mol. The number of piperidine rings is 1. The van der Waals surface area contributed by atoms with Gasteiger partial charge >= 0.3 is 0 Å². The second-order valence-corrected chi connectivity index (χ2v) is 8.83. The molecule has 1 amide bonds. The van der Waals surface area contributed by atoms with Gasteiger partial charge in [-0.3, -0.25) is 4.79 Å². The van der Waals surface area contributed by atoms with Crippen LogP contribution in [0.5, 0.6) is 5.75 Å². The maximum Gasteiger partial charge on any atom is 0.260 e. The van der Waals surface area contributed by atoms with Crippen molar-refractivity contribution in [3.05, 3.63) is 52.1 Å². The van der Waals surface area contributed by atoms with E-state index in [1.165, 1.54) is 28.7 Å². The molecular formula is C17H17Cl2N3O4S. The van der Waals surface area contributed by atoms with E-state index >= 15 is 0 Å². The van der Waals surface area contributed by atoms with E-state index < -0.39 is 15.9 Å². The highest BCUT2D eigenvalue weighted by atomic mass is 35.5. The van der Waals surface area contributed by atoms with Gasteiger partial charge in [0, 0.05) is 30.4 Å². The highest BCUT2D eigenvalue weighted by molar-refractivity contribution is 7.89. The van der Waals surface area contributed by atoms with Gasteiger partial charge in [-0.25, -0.2) is 13.4 Å². The van der Waals surface area contributed by atoms with Crippen molar-refractivity contribution in [2.45, 2.75) is 23.9 Å². The Kier molecular flexibility index (Phi) is 5.90. The molecule has 0 radical (unpaired) electrons. The first-order valence-electron chi connectivity index (χ1n) is 8.19. The van der Waals surface area contributed by atoms with Crippen molar-refractivity contribution < 1.29 is 18.3 Å². The standard InChI is InChI=1S/C17H17Cl2N3O4S/c18-11-9-13(16(23)14(19)10-11)17(24)21-12-4-7-22(8-5-12)27(25,26)15-3-1-2-6-20-15/h1-3,6,9-10,12,23H,4-5,7-8H2,(H,21,24). The quantitative estimate of drug-likeness (QED) is 0.777. The monoisotopic (exact) mass is 429 g/mol. The number of pyridine rings is 1. The molecule has 0 aliphatic carbocycles. The van der Waals surface area contributed by atoms with E-state index in [1.807, 2.05) is 0 Å². The predicted molar refractivity (Wildman–Crippen MR) is 102 cm³/mol. The first kappa shape index (κ1) is 19.9. The zero-order valence-electron chi connectivity index (χ0n) is 14.1. The second kappa shape index (κ2) is 8.02. The van der Waals surface area contributed by atoms with Gasteiger partial charge in [-0.2, -0.15) is 4.31 Å². The van der Waals surface area contributed by atoms with Gasteiger partial charge in [0.1, 0.15) is 5.75 Å². The van der Waals surface area contributed by atoms with Crippen LogP contribution in [-0.4, -0.2) is 47.9 Å². The molecule has 1 aromatic heterocycles. The highest BCUT2D eigenvalue weighted by Crippen LogP contribution is 2.31. The van der Waals surface area contributed by atoms with Crippen LogP contribution in [-0.2, 0) is 10.0 Å². The lowest BCUT2D eigenvalue weighted by Gasteiger charge is -2.31. The Morgan fingerprint density at radius 3 is 2.56 bits per heavy atom. The zero-order chi connectivity index (χ0) is 19.6. The molecule has 0 saturated carbocycles. The summed E-state index contributed by atoms with van der Waals surface area (Å²) in [6.45, 7) is 0.512. The van der Waals surface area contributed by atoms with Crippen molar-refractivity contribution in [2.75, 3.05) is 13.1 Å². The third-order valence-corrected chi connectivity index (χ3v) is 6.63. The lowest BCUT2D eigenvalue weighted by atomic mass is 10.1. The molecule has 27 heavy (non-hydrogen) atoms. The van der Waals surface area contributed by atoms with Gasteiger partial charge in [0.05, 0.1) is 10.6 Å². The third kappa shape index (κ3) is 4.35. The van der Waals surface area contributed by atoms with Gasteiger partial charge in [0.15, 0.2) is 5.03 Å². The van der Waals surface area contributed by atoms with E-state index in [9.17, 15) is 18.3 Å². The molecule has 7 nitrogen and oxygen atoms in total. The molecule has 0 unspecified atom stereocenters. The van der Waals surface area contributed by atoms with Crippen molar-refractivity contribution in [1.29, 1.82) is 0 Å². The summed E-state index contributed by atoms with van der Waals surface area (Å²) in [5, 5.41) is 13.0. The number of halogens is 2. The van der Waals surface area contributed by atoms with Gasteiger partial charge in [0.2, 0.25) is 0 Å². The Morgan fingerprint density at radius 2 is 1.93 bits per heavy atom. The third-order valence-electron chi connectivity index (χ3n) is 4.30. The summed E-state index contributed by atoms with van der Waals surface area (Å²) in [6, 6.07) is 7.17. The molecule has 3 rings (SSSR count). The molecule has 1 saturated heterocycles. The largest absolute Gasteiger partial charge is 0.506 e. The molecule has 1 aliphatic heterocycles. The van der Waals surface area contributed by atoms with Crippen molar-refractivity contribution in [1.82, 2.24) is 14.6 Å². The maximum atomic E-state index is 12.6. The minimum Gasteiger partial charge on any atom is -0.506 e. The van der Waals surface area contributed by atoms with E-state index in [2.05, 4.69) is 10.3 Å². The van der Waals surface area contributed by atoms with Crippen molar-refractivity contribution in [3.8, 4) is 5.75 Å². The number of nitrogens with one attached hydrogen (secondary N) is 1. The number of aromatic hydroxyl groups is 1. The molecule has 1 aliphatic rings. The Balaban J connectivity index is 1.64. The number of nitrogens with zero attached hydrogens (tertiary/aromatic N) is 2. The minimum atomic E-state index is -3.65. The Labute approximate surface area is 167 Å². The van der Waals surface area contributed by atoms with Crippen LogP contribution in [0, 0.1) is 0 Å². The first-order chi connectivity index (χ1) is 12.8. The van der Waals surface area contributed by atoms with Crippen LogP contribution in [0.25, 0.3) is 0 Å². The number of amides is 1. The fourth-order valence-corrected chi connectivity index (χ4v) is 4.77. The lowest BCUT2D eigenvalue weighted by molar-refractivity contribution is 0.0921. The molecule has 2 aromatic rings. The Hall–Kier alpha value is -1.87. The lowest BCUT2D eigenvalue weighted by Crippen LogP contribution is -2.46. The van der Waals surface area contributed by atoms with E-state index in [0.29, 0.717) is 12.8 Å². The van der Waals surface area contributed by atoms with Gasteiger partial charge in [0.25, 0.3) is 15.9 Å². The molecule has 0 spiro atoms. The van der Waals surface area contributed by atoms with Gasteiger partial charge < -0.3 is 10.4 Å². The summed E-state index contributed by atoms with van der Waals surface area (Å²) in [6.07, 6.45) is 2.31. The van der Waals surface area contributed by atoms with Crippen molar-refractivity contribution in [3.63, 3.8) is 0 Å². The number of rotatable bonds is 4. The Morgan fingerprint density at radius 1 is 1.22 bits per heavy atom. The molecule has 2 N–H and O–H groups in total. The number of carbonyl (C=O) groups excluding carboxylic acids is 1. The van der Waals surface area contributed by atoms with Crippen LogP contribution in [0.3, 0.4) is 0 Å².